The molecule has 0 N–H and O–H groups in total. The van der Waals surface area contributed by atoms with Gasteiger partial charge < -0.3 is 14.5 Å². The van der Waals surface area contributed by atoms with Gasteiger partial charge in [0.25, 0.3) is 5.91 Å². The Hall–Kier alpha value is -2.66. The van der Waals surface area contributed by atoms with E-state index in [9.17, 15) is 4.79 Å². The lowest BCUT2D eigenvalue weighted by molar-refractivity contribution is -0.155. The molecule has 0 saturated carbocycles. The zero-order valence-corrected chi connectivity index (χ0v) is 21.7. The molecule has 1 atom stereocenters. The van der Waals surface area contributed by atoms with E-state index in [-0.39, 0.29) is 11.9 Å². The molecule has 0 spiro atoms. The minimum atomic E-state index is -0.813. The third kappa shape index (κ3) is 6.44. The summed E-state index contributed by atoms with van der Waals surface area (Å²) < 4.78 is 5.44. The number of hydrogen-bond acceptors (Lipinski definition) is 4. The molecule has 1 heterocycles. The number of piperazine rings is 1. The third-order valence-electron chi connectivity index (χ3n) is 6.36. The van der Waals surface area contributed by atoms with Gasteiger partial charge in [-0.2, -0.15) is 0 Å². The van der Waals surface area contributed by atoms with Crippen molar-refractivity contribution in [1.82, 2.24) is 9.80 Å². The largest absolute Gasteiger partial charge is 0.371 e. The van der Waals surface area contributed by atoms with E-state index in [1.54, 1.807) is 7.11 Å². The molecule has 0 bridgehead atoms. The summed E-state index contributed by atoms with van der Waals surface area (Å²) in [6.07, 6.45) is 7.08. The van der Waals surface area contributed by atoms with Crippen LogP contribution >= 0.6 is 0 Å². The van der Waals surface area contributed by atoms with Gasteiger partial charge >= 0.3 is 0 Å². The molecule has 1 amide bonds. The molecule has 1 unspecified atom stereocenters. The van der Waals surface area contributed by atoms with Crippen LogP contribution in [0.5, 0.6) is 0 Å². The van der Waals surface area contributed by atoms with Crippen molar-refractivity contribution < 1.29 is 9.53 Å². The predicted molar refractivity (Wildman–Crippen MR) is 139 cm³/mol. The Kier molecular flexibility index (Phi) is 9.66. The van der Waals surface area contributed by atoms with E-state index in [4.69, 9.17) is 9.73 Å². The highest BCUT2D eigenvalue weighted by molar-refractivity contribution is 6.12. The van der Waals surface area contributed by atoms with Crippen molar-refractivity contribution in [3.63, 3.8) is 0 Å². The summed E-state index contributed by atoms with van der Waals surface area (Å²) in [5.41, 5.74) is 4.85. The number of methoxy groups -OCH3 is 1. The first-order chi connectivity index (χ1) is 15.7. The Labute approximate surface area is 200 Å². The number of rotatable bonds is 8. The molecule has 5 nitrogen and oxygen atoms in total. The Bertz CT molecular complexity index is 926. The second-order valence-corrected chi connectivity index (χ2v) is 9.04. The second-order valence-electron chi connectivity index (χ2n) is 9.04. The second kappa shape index (κ2) is 12.0. The molecular formula is C28H41N3O2. The van der Waals surface area contributed by atoms with E-state index in [1.807, 2.05) is 31.0 Å². The van der Waals surface area contributed by atoms with Crippen LogP contribution in [0.3, 0.4) is 0 Å². The van der Waals surface area contributed by atoms with Crippen LogP contribution in [-0.2, 0) is 9.53 Å². The highest BCUT2D eigenvalue weighted by Gasteiger charge is 2.37. The Morgan fingerprint density at radius 2 is 1.88 bits per heavy atom. The molecule has 180 valence electrons. The van der Waals surface area contributed by atoms with Crippen LogP contribution in [0, 0.1) is 0 Å². The van der Waals surface area contributed by atoms with Gasteiger partial charge in [-0.25, -0.2) is 0 Å². The average molecular weight is 452 g/mol. The first-order valence-corrected chi connectivity index (χ1v) is 11.9. The molecule has 1 fully saturated rings. The number of nitrogens with zero attached hydrogens (tertiary/aromatic N) is 3. The maximum atomic E-state index is 13.0. The Morgan fingerprint density at radius 3 is 2.42 bits per heavy atom. The summed E-state index contributed by atoms with van der Waals surface area (Å²) in [6.45, 7) is 16.4. The molecule has 1 aliphatic heterocycles. The van der Waals surface area contributed by atoms with Crippen molar-refractivity contribution >= 4 is 17.2 Å². The van der Waals surface area contributed by atoms with Crippen molar-refractivity contribution in [3.8, 4) is 0 Å². The number of carbonyl (C=O) groups is 1. The van der Waals surface area contributed by atoms with Gasteiger partial charge in [-0.1, -0.05) is 49.4 Å². The zero-order chi connectivity index (χ0) is 24.6. The Morgan fingerprint density at radius 1 is 1.21 bits per heavy atom. The Balaban J connectivity index is 2.44. The molecule has 33 heavy (non-hydrogen) atoms. The number of aliphatic imine (C=N–C) groups is 1. The fourth-order valence-corrected chi connectivity index (χ4v) is 4.21. The van der Waals surface area contributed by atoms with Gasteiger partial charge in [-0.15, -0.1) is 0 Å². The van der Waals surface area contributed by atoms with Gasteiger partial charge in [0.15, 0.2) is 0 Å². The molecule has 1 aromatic carbocycles. The molecule has 1 aromatic rings. The van der Waals surface area contributed by atoms with Gasteiger partial charge in [0, 0.05) is 56.0 Å². The van der Waals surface area contributed by atoms with Crippen LogP contribution in [0.25, 0.3) is 5.57 Å². The lowest BCUT2D eigenvalue weighted by Crippen LogP contribution is -2.58. The molecule has 1 saturated heterocycles. The summed E-state index contributed by atoms with van der Waals surface area (Å²) in [4.78, 5) is 22.1. The van der Waals surface area contributed by atoms with Gasteiger partial charge in [0.2, 0.25) is 0 Å². The van der Waals surface area contributed by atoms with E-state index >= 15 is 0 Å². The minimum absolute atomic E-state index is 0.0416. The fourth-order valence-electron chi connectivity index (χ4n) is 4.21. The van der Waals surface area contributed by atoms with Gasteiger partial charge in [0.1, 0.15) is 5.60 Å². The average Bonchev–Trinajstić information content (AvgIpc) is 2.82. The summed E-state index contributed by atoms with van der Waals surface area (Å²) >= 11 is 0. The SMILES string of the molecule is C\C=C(C(/C(C)=N/C=C/CC)=C(/C)N1CCN(C(=O)C(C)(C)OC)C(C)C1)\c1ccccc1. The smallest absolute Gasteiger partial charge is 0.254 e. The van der Waals surface area contributed by atoms with Gasteiger partial charge in [-0.05, 0) is 59.1 Å². The number of ether oxygens (including phenoxy) is 1. The van der Waals surface area contributed by atoms with E-state index in [2.05, 4.69) is 75.9 Å². The van der Waals surface area contributed by atoms with Crippen molar-refractivity contribution in [1.29, 1.82) is 0 Å². The van der Waals surface area contributed by atoms with Crippen LogP contribution in [-0.4, -0.2) is 59.8 Å². The van der Waals surface area contributed by atoms with Crippen LogP contribution in [0.4, 0.5) is 0 Å². The first kappa shape index (κ1) is 26.6. The highest BCUT2D eigenvalue weighted by Crippen LogP contribution is 2.30. The number of allylic oxidation sites excluding steroid dienone is 5. The quantitative estimate of drug-likeness (QED) is 0.376. The normalized spacial score (nSPS) is 19.2. The number of hydrogen-bond donors (Lipinski definition) is 0. The standard InChI is InChI=1S/C28H41N3O2/c1-9-11-17-29-22(4)26(25(10-2)24-15-13-12-14-16-24)23(5)30-18-19-31(21(3)20-30)27(32)28(6,7)33-8/h10-17,21H,9,18-20H2,1-8H3/b17-11+,25-10-,26-23-,29-22+. The van der Waals surface area contributed by atoms with E-state index in [0.717, 1.165) is 30.8 Å². The lowest BCUT2D eigenvalue weighted by atomic mass is 9.92. The highest BCUT2D eigenvalue weighted by atomic mass is 16.5. The topological polar surface area (TPSA) is 45.1 Å². The monoisotopic (exact) mass is 451 g/mol. The summed E-state index contributed by atoms with van der Waals surface area (Å²) in [6, 6.07) is 10.5. The molecule has 0 radical (unpaired) electrons. The summed E-state index contributed by atoms with van der Waals surface area (Å²) in [5, 5.41) is 0. The number of amides is 1. The maximum absolute atomic E-state index is 13.0. The third-order valence-corrected chi connectivity index (χ3v) is 6.36. The van der Waals surface area contributed by atoms with Crippen LogP contribution < -0.4 is 0 Å². The molecule has 5 heteroatoms. The molecule has 1 aliphatic rings. The lowest BCUT2D eigenvalue weighted by Gasteiger charge is -2.44. The van der Waals surface area contributed by atoms with Crippen LogP contribution in [0.1, 0.15) is 60.5 Å². The van der Waals surface area contributed by atoms with E-state index < -0.39 is 5.60 Å². The predicted octanol–water partition coefficient (Wildman–Crippen LogP) is 5.71. The van der Waals surface area contributed by atoms with Gasteiger partial charge in [-0.3, -0.25) is 9.79 Å². The summed E-state index contributed by atoms with van der Waals surface area (Å²) in [7, 11) is 1.59. The van der Waals surface area contributed by atoms with E-state index in [0.29, 0.717) is 6.54 Å². The maximum Gasteiger partial charge on any atom is 0.254 e. The van der Waals surface area contributed by atoms with Crippen LogP contribution in [0.15, 0.2) is 64.9 Å². The number of benzene rings is 1. The first-order valence-electron chi connectivity index (χ1n) is 11.9. The zero-order valence-electron chi connectivity index (χ0n) is 21.7. The fraction of sp³-hybridized carbons (Fsp3) is 0.500. The van der Waals surface area contributed by atoms with E-state index in [1.165, 1.54) is 16.8 Å². The van der Waals surface area contributed by atoms with Gasteiger partial charge in [0.05, 0.1) is 0 Å². The number of carbonyl (C=O) groups excluding carboxylic acids is 1. The molecule has 0 aromatic heterocycles. The molecule has 2 rings (SSSR count). The van der Waals surface area contributed by atoms with Crippen molar-refractivity contribution in [2.24, 2.45) is 4.99 Å². The molecule has 0 aliphatic carbocycles. The van der Waals surface area contributed by atoms with Crippen molar-refractivity contribution in [2.75, 3.05) is 26.7 Å². The summed E-state index contributed by atoms with van der Waals surface area (Å²) in [5.74, 6) is 0.0416. The van der Waals surface area contributed by atoms with Crippen molar-refractivity contribution in [2.45, 2.75) is 66.5 Å². The molecular weight excluding hydrogens is 410 g/mol. The van der Waals surface area contributed by atoms with Crippen molar-refractivity contribution in [3.05, 3.63) is 65.5 Å². The van der Waals surface area contributed by atoms with Crippen LogP contribution in [0.2, 0.25) is 0 Å². The minimum Gasteiger partial charge on any atom is -0.371 e.